The van der Waals surface area contributed by atoms with Gasteiger partial charge in [0.2, 0.25) is 0 Å². The minimum absolute atomic E-state index is 0.0139. The lowest BCUT2D eigenvalue weighted by molar-refractivity contribution is 0.0978. The van der Waals surface area contributed by atoms with Gasteiger partial charge in [0.1, 0.15) is 11.6 Å². The molecule has 1 heterocycles. The largest absolute Gasteiger partial charge is 0.424 e. The number of hydrogen-bond donors (Lipinski definition) is 0. The van der Waals surface area contributed by atoms with E-state index in [1.807, 2.05) is 36.4 Å². The number of Topliss-reactive ketones (excluding diaryl/α,β-unsaturated/α-hetero) is 1. The van der Waals surface area contributed by atoms with Crippen molar-refractivity contribution in [2.75, 3.05) is 0 Å². The van der Waals surface area contributed by atoms with E-state index in [0.29, 0.717) is 17.0 Å². The summed E-state index contributed by atoms with van der Waals surface area (Å²) < 4.78 is 19.8. The second-order valence-electron chi connectivity index (χ2n) is 10.1. The van der Waals surface area contributed by atoms with Crippen molar-refractivity contribution < 1.29 is 13.9 Å². The van der Waals surface area contributed by atoms with Crippen LogP contribution in [0, 0.1) is 5.82 Å². The molecular weight excluding hydrogens is 487 g/mol. The van der Waals surface area contributed by atoms with Crippen molar-refractivity contribution in [2.45, 2.75) is 31.6 Å². The quantitative estimate of drug-likeness (QED) is 0.278. The Morgan fingerprint density at radius 2 is 1.69 bits per heavy atom. The lowest BCUT2D eigenvalue weighted by atomic mass is 9.72. The van der Waals surface area contributed by atoms with Crippen molar-refractivity contribution in [2.24, 2.45) is 0 Å². The Balaban J connectivity index is 1.39. The molecule has 3 aliphatic carbocycles. The lowest BCUT2D eigenvalue weighted by Gasteiger charge is -2.31. The number of ketones is 1. The van der Waals surface area contributed by atoms with Gasteiger partial charge in [-0.2, -0.15) is 4.98 Å². The molecule has 0 saturated carbocycles. The standard InChI is InChI=1S/C34H25FN2O2/c35-23-13-10-22(11-14-23)32-30(31-18-19-36-34(37-31)39-24-7-2-1-3-8-24)20-29-27-15-12-21-6-4-5-9-25(21)26(27)16-17-28(29)33(32)38/h1-3,5,7-11,13-14,16-20,32H,4,6,12,15H2. The highest BCUT2D eigenvalue weighted by molar-refractivity contribution is 6.17. The van der Waals surface area contributed by atoms with Gasteiger partial charge in [0, 0.05) is 11.8 Å². The first-order valence-electron chi connectivity index (χ1n) is 13.3. The molecule has 0 spiro atoms. The molecule has 0 N–H and O–H groups in total. The Hall–Kier alpha value is -4.64. The van der Waals surface area contributed by atoms with Crippen LogP contribution in [-0.2, 0) is 6.42 Å². The van der Waals surface area contributed by atoms with E-state index in [9.17, 15) is 9.18 Å². The summed E-state index contributed by atoms with van der Waals surface area (Å²) in [5.41, 5.74) is 8.96. The van der Waals surface area contributed by atoms with Gasteiger partial charge in [-0.3, -0.25) is 4.79 Å². The first-order chi connectivity index (χ1) is 19.2. The minimum Gasteiger partial charge on any atom is -0.424 e. The molecule has 190 valence electrons. The molecule has 4 nitrogen and oxygen atoms in total. The molecule has 39 heavy (non-hydrogen) atoms. The Bertz CT molecular complexity index is 1700. The van der Waals surface area contributed by atoms with Crippen molar-refractivity contribution in [3.8, 4) is 11.8 Å². The van der Waals surface area contributed by atoms with Crippen LogP contribution in [0.2, 0.25) is 0 Å². The molecule has 5 heteroatoms. The van der Waals surface area contributed by atoms with Gasteiger partial charge in [-0.15, -0.1) is 0 Å². The third kappa shape index (κ3) is 4.20. The van der Waals surface area contributed by atoms with Crippen LogP contribution in [0.1, 0.15) is 63.5 Å². The highest BCUT2D eigenvalue weighted by Gasteiger charge is 2.35. The van der Waals surface area contributed by atoms with E-state index in [0.717, 1.165) is 42.4 Å². The van der Waals surface area contributed by atoms with E-state index < -0.39 is 5.92 Å². The number of para-hydroxylation sites is 1. The maximum Gasteiger partial charge on any atom is 0.322 e. The number of hydrogen-bond acceptors (Lipinski definition) is 4. The van der Waals surface area contributed by atoms with Crippen LogP contribution < -0.4 is 4.74 Å². The summed E-state index contributed by atoms with van der Waals surface area (Å²) in [6.45, 7) is 0. The molecule has 3 aliphatic rings. The molecule has 0 aliphatic heterocycles. The number of rotatable bonds is 4. The van der Waals surface area contributed by atoms with E-state index in [2.05, 4.69) is 29.3 Å². The first-order valence-corrected chi connectivity index (χ1v) is 13.3. The summed E-state index contributed by atoms with van der Waals surface area (Å²) in [7, 11) is 0. The van der Waals surface area contributed by atoms with Crippen molar-refractivity contribution in [1.29, 1.82) is 0 Å². The average Bonchev–Trinajstić information content (AvgIpc) is 2.98. The predicted octanol–water partition coefficient (Wildman–Crippen LogP) is 7.98. The van der Waals surface area contributed by atoms with Crippen molar-refractivity contribution >= 4 is 23.0 Å². The van der Waals surface area contributed by atoms with Crippen LogP contribution in [0.25, 0.3) is 17.2 Å². The van der Waals surface area contributed by atoms with E-state index in [1.165, 1.54) is 34.4 Å². The normalized spacial score (nSPS) is 17.7. The number of carbonyl (C=O) groups excluding carboxylic acids is 1. The van der Waals surface area contributed by atoms with Gasteiger partial charge >= 0.3 is 6.01 Å². The first kappa shape index (κ1) is 23.5. The van der Waals surface area contributed by atoms with Gasteiger partial charge < -0.3 is 4.74 Å². The Labute approximate surface area is 226 Å². The zero-order valence-corrected chi connectivity index (χ0v) is 21.2. The van der Waals surface area contributed by atoms with Crippen molar-refractivity contribution in [1.82, 2.24) is 9.97 Å². The number of aromatic nitrogens is 2. The van der Waals surface area contributed by atoms with Crippen LogP contribution in [0.15, 0.2) is 96.7 Å². The number of nitrogens with zero attached hydrogens (tertiary/aromatic N) is 2. The minimum atomic E-state index is -0.622. The smallest absolute Gasteiger partial charge is 0.322 e. The maximum atomic E-state index is 14.2. The van der Waals surface area contributed by atoms with Crippen molar-refractivity contribution in [3.63, 3.8) is 0 Å². The highest BCUT2D eigenvalue weighted by atomic mass is 19.1. The number of carbonyl (C=O) groups is 1. The molecule has 4 aromatic rings. The fourth-order valence-electron chi connectivity index (χ4n) is 5.98. The second-order valence-corrected chi connectivity index (χ2v) is 10.1. The maximum absolute atomic E-state index is 14.2. The molecule has 0 fully saturated rings. The third-order valence-corrected chi connectivity index (χ3v) is 7.83. The predicted molar refractivity (Wildman–Crippen MR) is 150 cm³/mol. The van der Waals surface area contributed by atoms with Gasteiger partial charge in [0.25, 0.3) is 0 Å². The van der Waals surface area contributed by atoms with Crippen LogP contribution in [0.3, 0.4) is 0 Å². The zero-order chi connectivity index (χ0) is 26.3. The summed E-state index contributed by atoms with van der Waals surface area (Å²) in [5, 5.41) is 0. The van der Waals surface area contributed by atoms with E-state index in [4.69, 9.17) is 9.72 Å². The zero-order valence-electron chi connectivity index (χ0n) is 21.2. The number of halogens is 1. The van der Waals surface area contributed by atoms with Gasteiger partial charge in [-0.25, -0.2) is 9.37 Å². The fraction of sp³-hybridized carbons (Fsp3) is 0.147. The molecular formula is C34H25FN2O2. The SMILES string of the molecule is O=C1c2ccc3c(c2C=C(c2ccnc(Oc4ccccc4)n2)C1c1ccc(F)cc1)CCC1=C3C=CCC1. The fourth-order valence-corrected chi connectivity index (χ4v) is 5.98. The van der Waals surface area contributed by atoms with Gasteiger partial charge in [-0.05, 0) is 95.5 Å². The highest BCUT2D eigenvalue weighted by Crippen LogP contribution is 2.46. The topological polar surface area (TPSA) is 52.1 Å². The van der Waals surface area contributed by atoms with Crippen LogP contribution in [0.5, 0.6) is 11.8 Å². The lowest BCUT2D eigenvalue weighted by Crippen LogP contribution is -2.22. The van der Waals surface area contributed by atoms with Gasteiger partial charge in [-0.1, -0.05) is 60.2 Å². The molecule has 0 bridgehead atoms. The summed E-state index contributed by atoms with van der Waals surface area (Å²) in [4.78, 5) is 23.2. The van der Waals surface area contributed by atoms with Crippen LogP contribution in [-0.4, -0.2) is 15.8 Å². The molecule has 1 unspecified atom stereocenters. The molecule has 0 radical (unpaired) electrons. The van der Waals surface area contributed by atoms with Crippen LogP contribution >= 0.6 is 0 Å². The van der Waals surface area contributed by atoms with Crippen LogP contribution in [0.4, 0.5) is 4.39 Å². The van der Waals surface area contributed by atoms with Crippen molar-refractivity contribution in [3.05, 3.63) is 136 Å². The van der Waals surface area contributed by atoms with Gasteiger partial charge in [0.05, 0.1) is 11.6 Å². The molecule has 1 aromatic heterocycles. The summed E-state index contributed by atoms with van der Waals surface area (Å²) in [6, 6.07) is 21.6. The number of benzene rings is 3. The van der Waals surface area contributed by atoms with E-state index >= 15 is 0 Å². The summed E-state index contributed by atoms with van der Waals surface area (Å²) in [6.07, 6.45) is 12.3. The second kappa shape index (κ2) is 9.59. The summed E-state index contributed by atoms with van der Waals surface area (Å²) in [5.74, 6) is -0.349. The third-order valence-electron chi connectivity index (χ3n) is 7.83. The number of ether oxygens (including phenoxy) is 1. The molecule has 0 saturated heterocycles. The Morgan fingerprint density at radius 3 is 2.54 bits per heavy atom. The Morgan fingerprint density at radius 1 is 0.872 bits per heavy atom. The van der Waals surface area contributed by atoms with Gasteiger partial charge in [0.15, 0.2) is 5.78 Å². The molecule has 7 rings (SSSR count). The van der Waals surface area contributed by atoms with E-state index in [-0.39, 0.29) is 17.6 Å². The monoisotopic (exact) mass is 512 g/mol. The average molecular weight is 513 g/mol. The molecule has 0 amide bonds. The number of fused-ring (bicyclic) bond motifs is 4. The Kier molecular flexibility index (Phi) is 5.77. The number of allylic oxidation sites excluding steroid dienone is 5. The molecule has 3 aromatic carbocycles. The molecule has 1 atom stereocenters. The van der Waals surface area contributed by atoms with E-state index in [1.54, 1.807) is 24.4 Å². The summed E-state index contributed by atoms with van der Waals surface area (Å²) >= 11 is 0.